The Balaban J connectivity index is 2.00. The molecule has 1 saturated carbocycles. The molecule has 0 radical (unpaired) electrons. The molecule has 0 aliphatic heterocycles. The first-order valence-electron chi connectivity index (χ1n) is 11.5. The second kappa shape index (κ2) is 11.4. The van der Waals surface area contributed by atoms with Gasteiger partial charge in [-0.15, -0.1) is 0 Å². The van der Waals surface area contributed by atoms with Crippen LogP contribution in [-0.2, 0) is 26.1 Å². The first kappa shape index (κ1) is 25.8. The van der Waals surface area contributed by atoms with Crippen LogP contribution >= 0.6 is 0 Å². The molecule has 1 aromatic rings. The molecule has 9 heteroatoms. The van der Waals surface area contributed by atoms with Crippen LogP contribution < -0.4 is 4.72 Å². The van der Waals surface area contributed by atoms with E-state index in [2.05, 4.69) is 14.9 Å². The Morgan fingerprint density at radius 3 is 2.52 bits per heavy atom. The maximum Gasteiger partial charge on any atom is 0.307 e. The van der Waals surface area contributed by atoms with Crippen molar-refractivity contribution >= 4 is 16.0 Å². The van der Waals surface area contributed by atoms with Gasteiger partial charge in [0.2, 0.25) is 15.9 Å². The fraction of sp³-hybridized carbons (Fsp3) is 0.864. The van der Waals surface area contributed by atoms with Gasteiger partial charge in [-0.2, -0.15) is 4.98 Å². The second-order valence-electron chi connectivity index (χ2n) is 9.89. The molecule has 0 spiro atoms. The van der Waals surface area contributed by atoms with Gasteiger partial charge < -0.3 is 9.26 Å². The summed E-state index contributed by atoms with van der Waals surface area (Å²) in [5, 5.41) is 3.37. The van der Waals surface area contributed by atoms with E-state index in [0.717, 1.165) is 25.2 Å². The summed E-state index contributed by atoms with van der Waals surface area (Å²) in [6, 6.07) is 0. The molecule has 1 heterocycles. The molecule has 1 fully saturated rings. The lowest BCUT2D eigenvalue weighted by Crippen LogP contribution is -2.30. The maximum absolute atomic E-state index is 12.4. The van der Waals surface area contributed by atoms with Crippen LogP contribution in [0, 0.1) is 5.92 Å². The van der Waals surface area contributed by atoms with E-state index in [4.69, 9.17) is 9.26 Å². The van der Waals surface area contributed by atoms with Crippen molar-refractivity contribution in [1.29, 1.82) is 0 Å². The molecule has 2 rings (SSSR count). The van der Waals surface area contributed by atoms with Crippen molar-refractivity contribution in [2.45, 2.75) is 116 Å². The molecule has 0 saturated heterocycles. The van der Waals surface area contributed by atoms with Crippen molar-refractivity contribution in [3.05, 3.63) is 11.7 Å². The van der Waals surface area contributed by atoms with E-state index in [1.165, 1.54) is 32.1 Å². The van der Waals surface area contributed by atoms with Crippen LogP contribution in [0.25, 0.3) is 0 Å². The lowest BCUT2D eigenvalue weighted by Gasteiger charge is -2.23. The van der Waals surface area contributed by atoms with E-state index in [9.17, 15) is 13.2 Å². The highest BCUT2D eigenvalue weighted by Gasteiger charge is 2.26. The van der Waals surface area contributed by atoms with Crippen molar-refractivity contribution in [2.24, 2.45) is 5.92 Å². The van der Waals surface area contributed by atoms with Crippen LogP contribution in [0.5, 0.6) is 0 Å². The van der Waals surface area contributed by atoms with E-state index in [1.54, 1.807) is 13.8 Å². The Morgan fingerprint density at radius 1 is 1.23 bits per heavy atom. The molecule has 1 N–H and O–H groups in total. The summed E-state index contributed by atoms with van der Waals surface area (Å²) in [7, 11) is -3.42. The number of rotatable bonds is 11. The molecular formula is C22H39N3O5S. The highest BCUT2D eigenvalue weighted by molar-refractivity contribution is 7.90. The average molecular weight is 458 g/mol. The molecule has 0 amide bonds. The van der Waals surface area contributed by atoms with Crippen molar-refractivity contribution in [1.82, 2.24) is 14.9 Å². The Morgan fingerprint density at radius 2 is 1.90 bits per heavy atom. The molecule has 1 atom stereocenters. The zero-order valence-corrected chi connectivity index (χ0v) is 20.5. The second-order valence-corrected chi connectivity index (χ2v) is 12.2. The highest BCUT2D eigenvalue weighted by Crippen LogP contribution is 2.31. The minimum atomic E-state index is -3.42. The number of hydrogen-bond acceptors (Lipinski definition) is 7. The van der Waals surface area contributed by atoms with Crippen LogP contribution in [0.2, 0.25) is 0 Å². The zero-order chi connectivity index (χ0) is 23.1. The number of hydrogen-bond donors (Lipinski definition) is 1. The predicted octanol–water partition coefficient (Wildman–Crippen LogP) is 4.46. The van der Waals surface area contributed by atoms with Crippen LogP contribution in [0.3, 0.4) is 0 Å². The summed E-state index contributed by atoms with van der Waals surface area (Å²) in [6.07, 6.45) is 9.58. The molecule has 1 aliphatic rings. The number of carbonyl (C=O) groups excluding carboxylic acids is 1. The monoisotopic (exact) mass is 457 g/mol. The largest absolute Gasteiger partial charge is 0.460 e. The van der Waals surface area contributed by atoms with Crippen LogP contribution in [0.4, 0.5) is 0 Å². The normalized spacial score (nSPS) is 17.1. The Hall–Kier alpha value is -1.48. The smallest absolute Gasteiger partial charge is 0.307 e. The Kier molecular flexibility index (Phi) is 9.48. The van der Waals surface area contributed by atoms with Gasteiger partial charge in [0.1, 0.15) is 5.60 Å². The summed E-state index contributed by atoms with van der Waals surface area (Å²) >= 11 is 0. The van der Waals surface area contributed by atoms with Crippen LogP contribution in [0.15, 0.2) is 4.52 Å². The number of sulfonamides is 1. The van der Waals surface area contributed by atoms with Crippen molar-refractivity contribution in [2.75, 3.05) is 0 Å². The van der Waals surface area contributed by atoms with Gasteiger partial charge in [-0.05, 0) is 47.0 Å². The Bertz CT molecular complexity index is 792. The summed E-state index contributed by atoms with van der Waals surface area (Å²) in [6.45, 7) is 8.70. The summed E-state index contributed by atoms with van der Waals surface area (Å²) in [4.78, 5) is 16.8. The van der Waals surface area contributed by atoms with Gasteiger partial charge in [0.15, 0.2) is 5.82 Å². The third kappa shape index (κ3) is 9.27. The van der Waals surface area contributed by atoms with Crippen LogP contribution in [-0.4, -0.2) is 35.4 Å². The molecule has 8 nitrogen and oxygen atoms in total. The molecular weight excluding hydrogens is 418 g/mol. The predicted molar refractivity (Wildman–Crippen MR) is 119 cm³/mol. The minimum absolute atomic E-state index is 0.0365. The van der Waals surface area contributed by atoms with E-state index < -0.39 is 20.9 Å². The van der Waals surface area contributed by atoms with E-state index in [-0.39, 0.29) is 30.7 Å². The zero-order valence-electron chi connectivity index (χ0n) is 19.6. The summed E-state index contributed by atoms with van der Waals surface area (Å²) in [5.41, 5.74) is -0.557. The van der Waals surface area contributed by atoms with Gasteiger partial charge >= 0.3 is 5.97 Å². The molecule has 1 aromatic heterocycles. The minimum Gasteiger partial charge on any atom is -0.460 e. The number of esters is 1. The fourth-order valence-electron chi connectivity index (χ4n) is 3.86. The van der Waals surface area contributed by atoms with Gasteiger partial charge in [0.25, 0.3) is 0 Å². The molecule has 0 bridgehead atoms. The molecule has 0 aromatic carbocycles. The highest BCUT2D eigenvalue weighted by atomic mass is 32.2. The SMILES string of the molecule is CC(C)S(=O)(=O)NCc1noc([C@@H](CCCC2CCCCC2)CC(=O)OC(C)(C)C)n1. The number of aromatic nitrogens is 2. The van der Waals surface area contributed by atoms with Gasteiger partial charge in [0.05, 0.1) is 18.2 Å². The number of ether oxygens (including phenoxy) is 1. The summed E-state index contributed by atoms with van der Waals surface area (Å²) in [5.74, 6) is 0.866. The van der Waals surface area contributed by atoms with Gasteiger partial charge in [-0.1, -0.05) is 50.1 Å². The molecule has 178 valence electrons. The lowest BCUT2D eigenvalue weighted by molar-refractivity contribution is -0.155. The lowest BCUT2D eigenvalue weighted by atomic mass is 9.84. The van der Waals surface area contributed by atoms with Crippen LogP contribution in [0.1, 0.15) is 110 Å². The maximum atomic E-state index is 12.4. The number of nitrogens with one attached hydrogen (secondary N) is 1. The topological polar surface area (TPSA) is 111 Å². The number of carbonyl (C=O) groups is 1. The van der Waals surface area contributed by atoms with Gasteiger partial charge in [0, 0.05) is 5.92 Å². The molecule has 31 heavy (non-hydrogen) atoms. The quantitative estimate of drug-likeness (QED) is 0.488. The van der Waals surface area contributed by atoms with E-state index in [0.29, 0.717) is 5.89 Å². The molecule has 1 aliphatic carbocycles. The first-order chi connectivity index (χ1) is 14.5. The average Bonchev–Trinajstić information content (AvgIpc) is 3.14. The van der Waals surface area contributed by atoms with Gasteiger partial charge in [-0.25, -0.2) is 13.1 Å². The van der Waals surface area contributed by atoms with Crippen molar-refractivity contribution in [3.8, 4) is 0 Å². The fourth-order valence-corrected chi connectivity index (χ4v) is 4.53. The Labute approximate surface area is 186 Å². The van der Waals surface area contributed by atoms with Crippen molar-refractivity contribution < 1.29 is 22.5 Å². The first-order valence-corrected chi connectivity index (χ1v) is 13.0. The van der Waals surface area contributed by atoms with E-state index in [1.807, 2.05) is 20.8 Å². The standard InChI is InChI=1S/C22H39N3O5S/c1-16(2)31(27,28)23-15-19-24-21(30-25-19)18(14-20(26)29-22(3,4)5)13-9-12-17-10-7-6-8-11-17/h16-18,23H,6-15H2,1-5H3/t18-/m0/s1. The molecule has 0 unspecified atom stereocenters. The third-order valence-corrected chi connectivity index (χ3v) is 7.40. The number of nitrogens with zero attached hydrogens (tertiary/aromatic N) is 2. The van der Waals surface area contributed by atoms with Gasteiger partial charge in [-0.3, -0.25) is 4.79 Å². The summed E-state index contributed by atoms with van der Waals surface area (Å²) < 4.78 is 37.3. The third-order valence-electron chi connectivity index (χ3n) is 5.61. The van der Waals surface area contributed by atoms with E-state index >= 15 is 0 Å². The van der Waals surface area contributed by atoms with Crippen molar-refractivity contribution in [3.63, 3.8) is 0 Å².